The fourth-order valence-corrected chi connectivity index (χ4v) is 3.51. The number of nitrogens with zero attached hydrogens (tertiary/aromatic N) is 3. The number of urea groups is 1. The third-order valence-electron chi connectivity index (χ3n) is 5.05. The highest BCUT2D eigenvalue weighted by Gasteiger charge is 2.26. The predicted octanol–water partition coefficient (Wildman–Crippen LogP) is 4.34. The van der Waals surface area contributed by atoms with Crippen molar-refractivity contribution in [3.63, 3.8) is 0 Å². The Kier molecular flexibility index (Phi) is 6.63. The number of carbonyl (C=O) groups is 1. The second-order valence-electron chi connectivity index (χ2n) is 7.09. The summed E-state index contributed by atoms with van der Waals surface area (Å²) < 4.78 is 0. The quantitative estimate of drug-likeness (QED) is 0.726. The number of rotatable bonds is 7. The Balaban J connectivity index is 1.49. The molecule has 6 nitrogen and oxygen atoms in total. The molecular weight excluding hydrogens is 326 g/mol. The summed E-state index contributed by atoms with van der Waals surface area (Å²) in [5, 5.41) is 9.87. The van der Waals surface area contributed by atoms with Crippen molar-refractivity contribution in [1.29, 1.82) is 0 Å². The first-order chi connectivity index (χ1) is 12.8. The summed E-state index contributed by atoms with van der Waals surface area (Å²) >= 11 is 0. The number of likely N-dealkylation sites (tertiary alicyclic amines) is 1. The molecular formula is C20H29N5O. The Bertz CT molecular complexity index is 668. The maximum Gasteiger partial charge on any atom is 0.321 e. The van der Waals surface area contributed by atoms with Crippen molar-refractivity contribution in [2.24, 2.45) is 0 Å². The van der Waals surface area contributed by atoms with Crippen molar-refractivity contribution < 1.29 is 4.79 Å². The van der Waals surface area contributed by atoms with Gasteiger partial charge in [-0.1, -0.05) is 38.3 Å². The van der Waals surface area contributed by atoms with E-state index in [9.17, 15) is 4.79 Å². The second-order valence-corrected chi connectivity index (χ2v) is 7.09. The highest BCUT2D eigenvalue weighted by Crippen LogP contribution is 2.24. The number of nitrogens with one attached hydrogen (secondary N) is 2. The monoisotopic (exact) mass is 355 g/mol. The molecule has 1 aromatic heterocycles. The molecule has 26 heavy (non-hydrogen) atoms. The minimum absolute atomic E-state index is 0.0371. The van der Waals surface area contributed by atoms with Crippen molar-refractivity contribution >= 4 is 11.7 Å². The molecule has 0 aliphatic carbocycles. The van der Waals surface area contributed by atoms with Gasteiger partial charge < -0.3 is 10.2 Å². The standard InChI is InChI=1S/C20H29N5O/c1-2-3-4-5-7-16-9-11-18(12-10-16)23-20(26)25-13-6-8-17(14-25)19-21-15-22-24-19/h9-12,15,17H,2-8,13-14H2,1H3,(H,23,26)(H,21,22,24)/t17-/m0/s1. The number of piperidine rings is 1. The van der Waals surface area contributed by atoms with Crippen molar-refractivity contribution in [3.8, 4) is 0 Å². The van der Waals surface area contributed by atoms with E-state index in [2.05, 4.69) is 39.6 Å². The summed E-state index contributed by atoms with van der Waals surface area (Å²) in [4.78, 5) is 18.7. The fraction of sp³-hybridized carbons (Fsp3) is 0.550. The topological polar surface area (TPSA) is 73.9 Å². The number of unbranched alkanes of at least 4 members (excludes halogenated alkanes) is 3. The highest BCUT2D eigenvalue weighted by atomic mass is 16.2. The van der Waals surface area contributed by atoms with Gasteiger partial charge in [0, 0.05) is 24.7 Å². The van der Waals surface area contributed by atoms with Gasteiger partial charge in [0.1, 0.15) is 12.2 Å². The molecule has 0 radical (unpaired) electrons. The first-order valence-electron chi connectivity index (χ1n) is 9.76. The summed E-state index contributed by atoms with van der Waals surface area (Å²) in [5.41, 5.74) is 2.19. The molecule has 3 rings (SSSR count). The van der Waals surface area contributed by atoms with Crippen molar-refractivity contribution in [3.05, 3.63) is 42.0 Å². The number of carbonyl (C=O) groups excluding carboxylic acids is 1. The van der Waals surface area contributed by atoms with E-state index in [0.29, 0.717) is 6.54 Å². The minimum atomic E-state index is -0.0371. The molecule has 2 amide bonds. The van der Waals surface area contributed by atoms with Gasteiger partial charge in [-0.05, 0) is 43.4 Å². The lowest BCUT2D eigenvalue weighted by Crippen LogP contribution is -2.41. The molecule has 2 N–H and O–H groups in total. The SMILES string of the molecule is CCCCCCc1ccc(NC(=O)N2CCC[C@H](c3ncn[nH]3)C2)cc1. The Morgan fingerprint density at radius 1 is 1.27 bits per heavy atom. The normalized spacial score (nSPS) is 17.3. The van der Waals surface area contributed by atoms with Crippen molar-refractivity contribution in [2.75, 3.05) is 18.4 Å². The first kappa shape index (κ1) is 18.4. The predicted molar refractivity (Wildman–Crippen MR) is 103 cm³/mol. The first-order valence-corrected chi connectivity index (χ1v) is 9.76. The summed E-state index contributed by atoms with van der Waals surface area (Å²) in [6, 6.07) is 8.21. The number of benzene rings is 1. The fourth-order valence-electron chi connectivity index (χ4n) is 3.51. The van der Waals surface area contributed by atoms with Gasteiger partial charge in [0.15, 0.2) is 0 Å². The molecule has 1 atom stereocenters. The second kappa shape index (κ2) is 9.36. The van der Waals surface area contributed by atoms with E-state index in [1.54, 1.807) is 0 Å². The molecule has 6 heteroatoms. The zero-order valence-electron chi connectivity index (χ0n) is 15.6. The van der Waals surface area contributed by atoms with Gasteiger partial charge in [-0.15, -0.1) is 0 Å². The molecule has 1 aromatic carbocycles. The maximum absolute atomic E-state index is 12.6. The maximum atomic E-state index is 12.6. The molecule has 2 heterocycles. The van der Waals surface area contributed by atoms with Gasteiger partial charge >= 0.3 is 6.03 Å². The van der Waals surface area contributed by atoms with E-state index in [1.807, 2.05) is 17.0 Å². The zero-order valence-corrected chi connectivity index (χ0v) is 15.6. The third kappa shape index (κ3) is 5.07. The number of hydrogen-bond acceptors (Lipinski definition) is 3. The lowest BCUT2D eigenvalue weighted by molar-refractivity contribution is 0.191. The van der Waals surface area contributed by atoms with Gasteiger partial charge in [0.25, 0.3) is 0 Å². The smallest absolute Gasteiger partial charge is 0.321 e. The molecule has 0 bridgehead atoms. The molecule has 0 spiro atoms. The molecule has 1 aliphatic heterocycles. The van der Waals surface area contributed by atoms with Crippen LogP contribution in [0.1, 0.15) is 62.8 Å². The van der Waals surface area contributed by atoms with Gasteiger partial charge in [-0.2, -0.15) is 5.10 Å². The van der Waals surface area contributed by atoms with Crippen molar-refractivity contribution in [1.82, 2.24) is 20.1 Å². The minimum Gasteiger partial charge on any atom is -0.324 e. The molecule has 0 unspecified atom stereocenters. The lowest BCUT2D eigenvalue weighted by atomic mass is 9.98. The van der Waals surface area contributed by atoms with Gasteiger partial charge in [-0.25, -0.2) is 9.78 Å². The van der Waals surface area contributed by atoms with Crippen LogP contribution in [-0.4, -0.2) is 39.2 Å². The van der Waals surface area contributed by atoms with Crippen LogP contribution in [0.25, 0.3) is 0 Å². The molecule has 0 saturated carbocycles. The third-order valence-corrected chi connectivity index (χ3v) is 5.05. The number of aromatic amines is 1. The highest BCUT2D eigenvalue weighted by molar-refractivity contribution is 5.89. The number of hydrogen-bond donors (Lipinski definition) is 2. The number of aryl methyl sites for hydroxylation is 1. The molecule has 1 fully saturated rings. The molecule has 2 aromatic rings. The van der Waals surface area contributed by atoms with E-state index in [1.165, 1.54) is 37.6 Å². The van der Waals surface area contributed by atoms with E-state index in [0.717, 1.165) is 37.3 Å². The summed E-state index contributed by atoms with van der Waals surface area (Å²) in [6.07, 6.45) is 9.74. The van der Waals surface area contributed by atoms with Crippen LogP contribution in [-0.2, 0) is 6.42 Å². The van der Waals surface area contributed by atoms with E-state index in [4.69, 9.17) is 0 Å². The largest absolute Gasteiger partial charge is 0.324 e. The average molecular weight is 355 g/mol. The number of aromatic nitrogens is 3. The Morgan fingerprint density at radius 3 is 2.85 bits per heavy atom. The van der Waals surface area contributed by atoms with Crippen LogP contribution in [0.3, 0.4) is 0 Å². The molecule has 140 valence electrons. The molecule has 1 saturated heterocycles. The summed E-state index contributed by atoms with van der Waals surface area (Å²) in [6.45, 7) is 3.69. The Hall–Kier alpha value is -2.37. The van der Waals surface area contributed by atoms with Crippen LogP contribution in [0.4, 0.5) is 10.5 Å². The van der Waals surface area contributed by atoms with Crippen LogP contribution in [0.2, 0.25) is 0 Å². The average Bonchev–Trinajstić information content (AvgIpc) is 3.21. The summed E-state index contributed by atoms with van der Waals surface area (Å²) in [5.74, 6) is 1.11. The van der Waals surface area contributed by atoms with Gasteiger partial charge in [0.2, 0.25) is 0 Å². The van der Waals surface area contributed by atoms with Crippen LogP contribution in [0.15, 0.2) is 30.6 Å². The van der Waals surface area contributed by atoms with Crippen LogP contribution in [0, 0.1) is 0 Å². The Labute approximate surface area is 155 Å². The van der Waals surface area contributed by atoms with E-state index < -0.39 is 0 Å². The zero-order chi connectivity index (χ0) is 18.2. The van der Waals surface area contributed by atoms with E-state index >= 15 is 0 Å². The van der Waals surface area contributed by atoms with Crippen molar-refractivity contribution in [2.45, 2.75) is 57.8 Å². The number of amides is 2. The van der Waals surface area contributed by atoms with Crippen LogP contribution >= 0.6 is 0 Å². The summed E-state index contributed by atoms with van der Waals surface area (Å²) in [7, 11) is 0. The number of anilines is 1. The van der Waals surface area contributed by atoms with Gasteiger partial charge in [0.05, 0.1) is 0 Å². The van der Waals surface area contributed by atoms with Crippen LogP contribution in [0.5, 0.6) is 0 Å². The van der Waals surface area contributed by atoms with Crippen LogP contribution < -0.4 is 5.32 Å². The number of H-pyrrole nitrogens is 1. The Morgan fingerprint density at radius 2 is 2.12 bits per heavy atom. The van der Waals surface area contributed by atoms with Gasteiger partial charge in [-0.3, -0.25) is 5.10 Å². The lowest BCUT2D eigenvalue weighted by Gasteiger charge is -2.31. The molecule has 1 aliphatic rings. The van der Waals surface area contributed by atoms with E-state index in [-0.39, 0.29) is 11.9 Å².